The summed E-state index contributed by atoms with van der Waals surface area (Å²) in [6.07, 6.45) is 9.94. The fraction of sp³-hybridized carbons (Fsp3) is 0.304. The molecule has 81 heavy (non-hydrogen) atoms. The second-order valence-electron chi connectivity index (χ2n) is 18.3. The molecular weight excluding hydrogens is 1180 g/mol. The summed E-state index contributed by atoms with van der Waals surface area (Å²) in [5, 5.41) is 48.5. The summed E-state index contributed by atoms with van der Waals surface area (Å²) < 4.78 is 6.33. The first-order valence-corrected chi connectivity index (χ1v) is 27.1. The Hall–Kier alpha value is -7.64. The van der Waals surface area contributed by atoms with Crippen LogP contribution in [0.1, 0.15) is 86.2 Å². The molecule has 422 valence electrons. The lowest BCUT2D eigenvalue weighted by molar-refractivity contribution is 0.198. The van der Waals surface area contributed by atoms with Crippen molar-refractivity contribution in [2.75, 3.05) is 40.6 Å². The quantitative estimate of drug-likeness (QED) is 0.0450. The van der Waals surface area contributed by atoms with Gasteiger partial charge in [0, 0.05) is 77.6 Å². The molecule has 0 radical (unpaired) electrons. The lowest BCUT2D eigenvalue weighted by Crippen LogP contribution is -2.22. The average molecular weight is 1230 g/mol. The molecule has 14 N–H and O–H groups in total. The number of hydrogen-bond donors (Lipinski definition) is 12. The number of nitrogens with two attached hydrogens (primary N) is 2. The molecular formula is C46H49BCl6N24O4. The Morgan fingerprint density at radius 2 is 1.04 bits per heavy atom. The van der Waals surface area contributed by atoms with Crippen molar-refractivity contribution in [3.05, 3.63) is 124 Å². The minimum absolute atomic E-state index is 0.000000000000000444. The smallest absolute Gasteiger partial charge is 0.429 e. The minimum Gasteiger partial charge on any atom is -0.431 e. The van der Waals surface area contributed by atoms with E-state index in [0.717, 1.165) is 30.5 Å². The molecule has 4 fully saturated rings. The van der Waals surface area contributed by atoms with E-state index in [0.29, 0.717) is 62.5 Å². The van der Waals surface area contributed by atoms with Crippen LogP contribution in [0.5, 0.6) is 0 Å². The molecule has 0 amide bonds. The van der Waals surface area contributed by atoms with Gasteiger partial charge >= 0.3 is 7.05 Å². The Kier molecular flexibility index (Phi) is 19.2. The van der Waals surface area contributed by atoms with Crippen molar-refractivity contribution in [2.24, 2.45) is 0 Å². The number of nitrogen functional groups attached to an aromatic ring is 2. The zero-order valence-corrected chi connectivity index (χ0v) is 47.0. The summed E-state index contributed by atoms with van der Waals surface area (Å²) >= 11 is 33.3. The van der Waals surface area contributed by atoms with Crippen molar-refractivity contribution in [2.45, 2.75) is 75.9 Å². The molecule has 9 heterocycles. The van der Waals surface area contributed by atoms with Crippen molar-refractivity contribution in [3.63, 3.8) is 0 Å². The van der Waals surface area contributed by atoms with Crippen LogP contribution in [0.2, 0.25) is 38.5 Å². The van der Waals surface area contributed by atoms with Crippen LogP contribution >= 0.6 is 69.6 Å². The minimum atomic E-state index is -0.776. The van der Waals surface area contributed by atoms with Crippen LogP contribution in [-0.4, -0.2) is 121 Å². The molecule has 4 aliphatic rings. The van der Waals surface area contributed by atoms with E-state index < -0.39 is 7.05 Å². The van der Waals surface area contributed by atoms with Crippen molar-refractivity contribution >= 4 is 145 Å². The second kappa shape index (κ2) is 26.8. The van der Waals surface area contributed by atoms with E-state index in [2.05, 4.69) is 107 Å². The van der Waals surface area contributed by atoms with Gasteiger partial charge in [-0.25, -0.2) is 0 Å². The SMILES string of the molecule is C1CCOC1.CB(O)n1[nH]c(=O)c2ccc(N)cc21.Clc1nc(Cl)nc(Cl)n1.Clc1nc(Cl)nc(Nc2cc(C3CC3)[nH]n2)n1.Nc1cc(C2CC2)[nH]n1.O=c1[nH][nH]c2cc(Nc3nc(Cl)nc(Nc4cc(C5CC5)[nH]n4)n3)ccc12. The molecule has 10 aromatic rings. The predicted molar refractivity (Wildman–Crippen MR) is 311 cm³/mol. The lowest BCUT2D eigenvalue weighted by atomic mass is 9.89. The molecule has 0 spiro atoms. The third-order valence-corrected chi connectivity index (χ3v) is 12.9. The highest BCUT2D eigenvalue weighted by Gasteiger charge is 2.27. The molecule has 3 aliphatic carbocycles. The molecule has 35 heteroatoms. The molecule has 1 aliphatic heterocycles. The van der Waals surface area contributed by atoms with E-state index >= 15 is 0 Å². The van der Waals surface area contributed by atoms with Crippen LogP contribution in [0.25, 0.3) is 21.8 Å². The fourth-order valence-electron chi connectivity index (χ4n) is 7.56. The number of halogens is 6. The standard InChI is InChI=1S/C16H14ClN9O.C9H8Cl2N6.C8H10BN3O2.C6H9N3.C4H8O.C3Cl3N3/c17-14-20-15(18-8-3-4-9-11(5-8)24-26-13(9)27)22-16(21-14)19-12-6-10(23-25-12)7-1-2-7;10-7-13-8(11)15-9(14-7)12-6-3-5(16-17-6)4-1-2-4;1-9(14)12-7-4-5(10)2-3-6(7)8(13)11-12;7-6-3-5(8-9-6)4-1-2-4;1-2-4-5-3-1;4-1-7-2(5)9-3(6)8-1/h3-7H,1-2H2,(H2,24,26,27)(H3,18,19,20,21,22,23,25);3-4H,1-2H2,(H2,12,13,14,15,16,17);2-4,14H,10H2,1H3,(H,11,13);3-4H,1-2H2,(H3,7,8,9);1-4H2;. The van der Waals surface area contributed by atoms with E-state index in [1.165, 1.54) is 61.7 Å². The number of rotatable bonds is 10. The van der Waals surface area contributed by atoms with Crippen LogP contribution in [0.15, 0.2) is 64.2 Å². The van der Waals surface area contributed by atoms with Gasteiger partial charge in [-0.3, -0.25) is 44.8 Å². The normalized spacial score (nSPS) is 14.2. The van der Waals surface area contributed by atoms with Crippen LogP contribution < -0.4 is 38.5 Å². The number of aromatic nitrogens is 19. The molecule has 28 nitrogen and oxygen atoms in total. The van der Waals surface area contributed by atoms with Gasteiger partial charge in [0.05, 0.1) is 21.8 Å². The highest BCUT2D eigenvalue weighted by atomic mass is 35.5. The van der Waals surface area contributed by atoms with Gasteiger partial charge in [-0.2, -0.15) is 60.2 Å². The van der Waals surface area contributed by atoms with Gasteiger partial charge in [0.1, 0.15) is 5.82 Å². The number of benzene rings is 2. The van der Waals surface area contributed by atoms with Crippen LogP contribution in [0.3, 0.4) is 0 Å². The summed E-state index contributed by atoms with van der Waals surface area (Å²) in [6, 6.07) is 16.0. The van der Waals surface area contributed by atoms with Crippen LogP contribution in [0, 0.1) is 0 Å². The molecule has 0 atom stereocenters. The molecule has 0 unspecified atom stereocenters. The number of aromatic amines is 6. The first kappa shape index (κ1) is 58.0. The molecule has 1 saturated heterocycles. The van der Waals surface area contributed by atoms with Gasteiger partial charge in [-0.15, -0.1) is 0 Å². The summed E-state index contributed by atoms with van der Waals surface area (Å²) in [6.45, 7) is 3.57. The van der Waals surface area contributed by atoms with E-state index in [1.54, 1.807) is 43.2 Å². The topological polar surface area (TPSA) is 406 Å². The van der Waals surface area contributed by atoms with Gasteiger partial charge in [0.15, 0.2) is 11.6 Å². The maximum Gasteiger partial charge on any atom is 0.429 e. The molecule has 2 aromatic carbocycles. The lowest BCUT2D eigenvalue weighted by Gasteiger charge is -2.07. The Morgan fingerprint density at radius 3 is 1.52 bits per heavy atom. The molecule has 0 bridgehead atoms. The van der Waals surface area contributed by atoms with Crippen LogP contribution in [-0.2, 0) is 4.74 Å². The number of fused-ring (bicyclic) bond motifs is 2. The number of nitrogens with one attached hydrogen (secondary N) is 9. The summed E-state index contributed by atoms with van der Waals surface area (Å²) in [5.74, 6) is 4.62. The summed E-state index contributed by atoms with van der Waals surface area (Å²) in [5.41, 5.74) is 16.6. The van der Waals surface area contributed by atoms with E-state index in [4.69, 9.17) is 85.8 Å². The third kappa shape index (κ3) is 17.2. The highest BCUT2D eigenvalue weighted by molar-refractivity contribution is 6.47. The molecule has 3 saturated carbocycles. The predicted octanol–water partition coefficient (Wildman–Crippen LogP) is 8.67. The monoisotopic (exact) mass is 1220 g/mol. The van der Waals surface area contributed by atoms with Crippen molar-refractivity contribution < 1.29 is 9.76 Å². The largest absolute Gasteiger partial charge is 0.431 e. The van der Waals surface area contributed by atoms with Crippen LogP contribution in [0.4, 0.5) is 46.7 Å². The number of anilines is 8. The van der Waals surface area contributed by atoms with Crippen molar-refractivity contribution in [3.8, 4) is 0 Å². The van der Waals surface area contributed by atoms with Gasteiger partial charge in [-0.05, 0) is 164 Å². The first-order valence-electron chi connectivity index (χ1n) is 24.9. The fourth-order valence-corrected chi connectivity index (χ4v) is 8.69. The molecule has 8 aromatic heterocycles. The summed E-state index contributed by atoms with van der Waals surface area (Å²) in [7, 11) is -0.776. The maximum absolute atomic E-state index is 11.6. The Bertz CT molecular complexity index is 3770. The van der Waals surface area contributed by atoms with Crippen molar-refractivity contribution in [1.82, 2.24) is 95.3 Å². The zero-order valence-electron chi connectivity index (χ0n) is 42.5. The Labute approximate surface area is 488 Å². The number of H-pyrrole nitrogens is 6. The Balaban J connectivity index is 0.000000127. The zero-order chi connectivity index (χ0) is 57.2. The van der Waals surface area contributed by atoms with E-state index in [1.807, 2.05) is 18.2 Å². The van der Waals surface area contributed by atoms with Gasteiger partial charge < -0.3 is 37.2 Å². The van der Waals surface area contributed by atoms with Gasteiger partial charge in [0.2, 0.25) is 49.5 Å². The third-order valence-electron chi connectivity index (χ3n) is 11.9. The average Bonchev–Trinajstić information content (AvgIpc) is 4.54. The van der Waals surface area contributed by atoms with E-state index in [9.17, 15) is 14.6 Å². The van der Waals surface area contributed by atoms with Gasteiger partial charge in [-0.1, -0.05) is 0 Å². The van der Waals surface area contributed by atoms with E-state index in [-0.39, 0.29) is 60.7 Å². The second-order valence-corrected chi connectivity index (χ2v) is 20.4. The first-order chi connectivity index (χ1) is 39.0. The number of ether oxygens (including phenoxy) is 1. The number of hydrogen-bond acceptors (Lipinski definition) is 21. The van der Waals surface area contributed by atoms with Crippen molar-refractivity contribution in [1.29, 1.82) is 0 Å². The number of nitrogens with zero attached hydrogens (tertiary/aromatic N) is 13. The summed E-state index contributed by atoms with van der Waals surface area (Å²) in [4.78, 5) is 57.3. The Morgan fingerprint density at radius 1 is 0.568 bits per heavy atom. The molecule has 14 rings (SSSR count). The highest BCUT2D eigenvalue weighted by Crippen LogP contribution is 2.41. The van der Waals surface area contributed by atoms with Gasteiger partial charge in [0.25, 0.3) is 11.1 Å². The maximum atomic E-state index is 11.6.